The van der Waals surface area contributed by atoms with E-state index in [4.69, 9.17) is 4.74 Å². The number of amides is 1. The number of hydrogen-bond donors (Lipinski definition) is 2. The van der Waals surface area contributed by atoms with Gasteiger partial charge < -0.3 is 15.2 Å². The summed E-state index contributed by atoms with van der Waals surface area (Å²) in [6, 6.07) is 6.57. The van der Waals surface area contributed by atoms with Crippen LogP contribution in [0.5, 0.6) is 5.75 Å². The molecule has 150 valence electrons. The van der Waals surface area contributed by atoms with Crippen molar-refractivity contribution in [2.24, 2.45) is 0 Å². The smallest absolute Gasteiger partial charge is 0.341 e. The number of fused-ring (bicyclic) bond motifs is 1. The number of nitrogens with zero attached hydrogens (tertiary/aromatic N) is 1. The van der Waals surface area contributed by atoms with E-state index in [1.54, 1.807) is 19.1 Å². The molecule has 1 amide bonds. The minimum absolute atomic E-state index is 0.0633. The zero-order valence-electron chi connectivity index (χ0n) is 15.8. The van der Waals surface area contributed by atoms with Gasteiger partial charge in [-0.15, -0.1) is 11.3 Å². The maximum atomic E-state index is 12.7. The third-order valence-corrected chi connectivity index (χ3v) is 6.37. The lowest BCUT2D eigenvalue weighted by molar-refractivity contribution is -0.112. The number of halogens is 1. The molecule has 0 saturated heterocycles. The monoisotopic (exact) mass is 474 g/mol. The fourth-order valence-corrected chi connectivity index (χ4v) is 4.84. The van der Waals surface area contributed by atoms with Gasteiger partial charge in [0.25, 0.3) is 5.91 Å². The molecule has 0 bridgehead atoms. The van der Waals surface area contributed by atoms with Crippen molar-refractivity contribution in [3.8, 4) is 11.8 Å². The Labute approximate surface area is 180 Å². The average molecular weight is 475 g/mol. The summed E-state index contributed by atoms with van der Waals surface area (Å²) in [7, 11) is 0. The topological polar surface area (TPSA) is 99.4 Å². The predicted molar refractivity (Wildman–Crippen MR) is 115 cm³/mol. The second-order valence-corrected chi connectivity index (χ2v) is 8.43. The quantitative estimate of drug-likeness (QED) is 0.367. The Morgan fingerprint density at radius 2 is 2.14 bits per heavy atom. The third-order valence-electron chi connectivity index (χ3n) is 4.53. The molecule has 0 unspecified atom stereocenters. The molecule has 2 N–H and O–H groups in total. The zero-order chi connectivity index (χ0) is 21.0. The van der Waals surface area contributed by atoms with Crippen molar-refractivity contribution in [2.75, 3.05) is 11.9 Å². The number of anilines is 1. The highest BCUT2D eigenvalue weighted by Gasteiger charge is 2.27. The van der Waals surface area contributed by atoms with E-state index in [0.29, 0.717) is 20.6 Å². The van der Waals surface area contributed by atoms with Gasteiger partial charge in [0.2, 0.25) is 0 Å². The van der Waals surface area contributed by atoms with Crippen molar-refractivity contribution in [1.82, 2.24) is 0 Å². The minimum Gasteiger partial charge on any atom is -0.507 e. The van der Waals surface area contributed by atoms with E-state index in [2.05, 4.69) is 21.2 Å². The average Bonchev–Trinajstić information content (AvgIpc) is 3.06. The van der Waals surface area contributed by atoms with Crippen LogP contribution in [0.25, 0.3) is 6.08 Å². The fraction of sp³-hybridized carbons (Fsp3) is 0.286. The molecule has 1 heterocycles. The molecule has 2 aromatic rings. The maximum absolute atomic E-state index is 12.7. The van der Waals surface area contributed by atoms with E-state index in [0.717, 1.165) is 36.1 Å². The Hall–Kier alpha value is -2.63. The summed E-state index contributed by atoms with van der Waals surface area (Å²) in [5.74, 6) is -0.985. The van der Waals surface area contributed by atoms with E-state index in [1.807, 2.05) is 6.07 Å². The van der Waals surface area contributed by atoms with Crippen molar-refractivity contribution in [3.05, 3.63) is 49.8 Å². The molecular formula is C21H19BrN2O4S. The Kier molecular flexibility index (Phi) is 6.72. The second kappa shape index (κ2) is 9.25. The first kappa shape index (κ1) is 21.1. The van der Waals surface area contributed by atoms with Gasteiger partial charge in [0.05, 0.1) is 16.6 Å². The normalized spacial score (nSPS) is 13.3. The first-order valence-corrected chi connectivity index (χ1v) is 10.8. The maximum Gasteiger partial charge on any atom is 0.341 e. The van der Waals surface area contributed by atoms with Crippen LogP contribution >= 0.6 is 27.3 Å². The molecule has 1 aromatic heterocycles. The number of carbonyl (C=O) groups is 2. The van der Waals surface area contributed by atoms with Gasteiger partial charge in [-0.05, 0) is 77.9 Å². The zero-order valence-corrected chi connectivity index (χ0v) is 18.2. The molecule has 0 aliphatic heterocycles. The molecule has 1 aromatic carbocycles. The van der Waals surface area contributed by atoms with E-state index in [-0.39, 0.29) is 17.9 Å². The van der Waals surface area contributed by atoms with Crippen LogP contribution in [-0.4, -0.2) is 23.6 Å². The minimum atomic E-state index is -0.596. The van der Waals surface area contributed by atoms with E-state index < -0.39 is 11.9 Å². The lowest BCUT2D eigenvalue weighted by Gasteiger charge is -2.12. The number of thiophene rings is 1. The Morgan fingerprint density at radius 1 is 1.38 bits per heavy atom. The van der Waals surface area contributed by atoms with Crippen LogP contribution in [0.3, 0.4) is 0 Å². The van der Waals surface area contributed by atoms with Gasteiger partial charge in [-0.2, -0.15) is 5.26 Å². The van der Waals surface area contributed by atoms with Gasteiger partial charge in [0.15, 0.2) is 0 Å². The van der Waals surface area contributed by atoms with E-state index in [9.17, 15) is 20.0 Å². The van der Waals surface area contributed by atoms with Crippen LogP contribution in [0.1, 0.15) is 46.1 Å². The molecule has 8 heteroatoms. The van der Waals surface area contributed by atoms with Crippen molar-refractivity contribution in [3.63, 3.8) is 0 Å². The van der Waals surface area contributed by atoms with Crippen LogP contribution in [0, 0.1) is 11.3 Å². The molecule has 6 nitrogen and oxygen atoms in total. The van der Waals surface area contributed by atoms with Crippen molar-refractivity contribution < 1.29 is 19.4 Å². The standard InChI is InChI=1S/C21H19BrN2O4S/c1-2-28-21(27)18-14-5-3-4-6-17(14)29-20(18)24-19(26)13(11-23)9-12-7-8-16(25)15(22)10-12/h7-10,25H,2-6H2,1H3,(H,24,26)/b13-9+. The predicted octanol–water partition coefficient (Wildman–Crippen LogP) is 4.82. The number of nitrogens with one attached hydrogen (secondary N) is 1. The Morgan fingerprint density at radius 3 is 2.83 bits per heavy atom. The van der Waals surface area contributed by atoms with Crippen molar-refractivity contribution in [2.45, 2.75) is 32.6 Å². The molecule has 0 saturated carbocycles. The number of rotatable bonds is 5. The number of benzene rings is 1. The largest absolute Gasteiger partial charge is 0.507 e. The summed E-state index contributed by atoms with van der Waals surface area (Å²) >= 11 is 4.58. The number of hydrogen-bond acceptors (Lipinski definition) is 6. The SMILES string of the molecule is CCOC(=O)c1c(NC(=O)/C(C#N)=C/c2ccc(O)c(Br)c2)sc2c1CCCC2. The third kappa shape index (κ3) is 4.69. The van der Waals surface area contributed by atoms with Crippen LogP contribution in [0.2, 0.25) is 0 Å². The number of phenols is 1. The Bertz CT molecular complexity index is 1040. The highest BCUT2D eigenvalue weighted by atomic mass is 79.9. The molecule has 0 fully saturated rings. The van der Waals surface area contributed by atoms with Gasteiger partial charge in [-0.1, -0.05) is 6.07 Å². The van der Waals surface area contributed by atoms with Gasteiger partial charge in [-0.3, -0.25) is 4.79 Å². The summed E-state index contributed by atoms with van der Waals surface area (Å²) in [4.78, 5) is 26.3. The number of carbonyl (C=O) groups excluding carboxylic acids is 2. The number of nitriles is 1. The molecule has 29 heavy (non-hydrogen) atoms. The van der Waals surface area contributed by atoms with Crippen molar-refractivity contribution >= 4 is 50.2 Å². The molecule has 0 spiro atoms. The summed E-state index contributed by atoms with van der Waals surface area (Å²) in [6.45, 7) is 1.98. The lowest BCUT2D eigenvalue weighted by atomic mass is 9.95. The molecule has 3 rings (SSSR count). The van der Waals surface area contributed by atoms with Crippen LogP contribution in [-0.2, 0) is 22.4 Å². The van der Waals surface area contributed by atoms with Gasteiger partial charge in [0.1, 0.15) is 22.4 Å². The number of phenolic OH excluding ortho intramolecular Hbond substituents is 1. The highest BCUT2D eigenvalue weighted by Crippen LogP contribution is 2.38. The summed E-state index contributed by atoms with van der Waals surface area (Å²) in [5, 5.41) is 22.2. The first-order valence-electron chi connectivity index (χ1n) is 9.18. The summed E-state index contributed by atoms with van der Waals surface area (Å²) < 4.78 is 5.65. The van der Waals surface area contributed by atoms with E-state index in [1.165, 1.54) is 23.5 Å². The van der Waals surface area contributed by atoms with Gasteiger partial charge >= 0.3 is 5.97 Å². The summed E-state index contributed by atoms with van der Waals surface area (Å²) in [5.41, 5.74) is 1.82. The first-order chi connectivity index (χ1) is 13.9. The number of ether oxygens (including phenoxy) is 1. The molecule has 1 aliphatic carbocycles. The van der Waals surface area contributed by atoms with Gasteiger partial charge in [0, 0.05) is 4.88 Å². The van der Waals surface area contributed by atoms with E-state index >= 15 is 0 Å². The molecule has 0 radical (unpaired) electrons. The van der Waals surface area contributed by atoms with Gasteiger partial charge in [-0.25, -0.2) is 4.79 Å². The van der Waals surface area contributed by atoms with Crippen LogP contribution in [0.15, 0.2) is 28.2 Å². The fourth-order valence-electron chi connectivity index (χ4n) is 3.17. The van der Waals surface area contributed by atoms with Crippen molar-refractivity contribution in [1.29, 1.82) is 5.26 Å². The van der Waals surface area contributed by atoms with Crippen LogP contribution < -0.4 is 5.32 Å². The number of esters is 1. The number of aryl methyl sites for hydroxylation is 1. The molecular weight excluding hydrogens is 456 g/mol. The Balaban J connectivity index is 1.91. The summed E-state index contributed by atoms with van der Waals surface area (Å²) in [6.07, 6.45) is 5.10. The highest BCUT2D eigenvalue weighted by molar-refractivity contribution is 9.10. The van der Waals surface area contributed by atoms with Crippen LogP contribution in [0.4, 0.5) is 5.00 Å². The molecule has 1 aliphatic rings. The lowest BCUT2D eigenvalue weighted by Crippen LogP contribution is -2.16. The second-order valence-electron chi connectivity index (χ2n) is 6.47. The molecule has 0 atom stereocenters. The number of aromatic hydroxyl groups is 1.